The molecule has 2 aromatic rings. The summed E-state index contributed by atoms with van der Waals surface area (Å²) in [4.78, 5) is 12.2. The summed E-state index contributed by atoms with van der Waals surface area (Å²) >= 11 is 3.53. The summed E-state index contributed by atoms with van der Waals surface area (Å²) in [6.07, 6.45) is 1.87. The first kappa shape index (κ1) is 23.2. The molecule has 0 aliphatic heterocycles. The second-order valence-electron chi connectivity index (χ2n) is 5.71. The largest absolute Gasteiger partial charge is 0.488 e. The highest BCUT2D eigenvalue weighted by Gasteiger charge is 2.21. The van der Waals surface area contributed by atoms with Gasteiger partial charge >= 0.3 is 5.97 Å². The van der Waals surface area contributed by atoms with Gasteiger partial charge in [-0.2, -0.15) is 0 Å². The van der Waals surface area contributed by atoms with Gasteiger partial charge < -0.3 is 14.8 Å². The minimum atomic E-state index is -0.490. The van der Waals surface area contributed by atoms with E-state index in [9.17, 15) is 4.79 Å². The molecule has 0 aromatic heterocycles. The van der Waals surface area contributed by atoms with E-state index in [1.54, 1.807) is 7.05 Å². The second kappa shape index (κ2) is 13.3. The average Bonchev–Trinajstić information content (AvgIpc) is 2.70. The lowest BCUT2D eigenvalue weighted by atomic mass is 10.1. The lowest BCUT2D eigenvalue weighted by Gasteiger charge is -2.17. The first-order valence-corrected chi connectivity index (χ1v) is 10.2. The number of benzene rings is 2. The SMILES string of the molecule is CC.CCCCOC(=O)C(NC)c1ccc(OCc2ccccc2)c(Br)c1. The Kier molecular flexibility index (Phi) is 11.5. The van der Waals surface area contributed by atoms with Crippen LogP contribution in [-0.4, -0.2) is 19.6 Å². The molecule has 0 amide bonds. The fourth-order valence-electron chi connectivity index (χ4n) is 2.37. The van der Waals surface area contributed by atoms with Crippen molar-refractivity contribution in [3.8, 4) is 5.75 Å². The van der Waals surface area contributed by atoms with Gasteiger partial charge in [0.2, 0.25) is 0 Å². The highest BCUT2D eigenvalue weighted by molar-refractivity contribution is 9.10. The standard InChI is InChI=1S/C20H24BrNO3.C2H6/c1-3-4-12-24-20(23)19(22-2)16-10-11-18(17(21)13-16)25-14-15-8-6-5-7-9-15;1-2/h5-11,13,19,22H,3-4,12,14H2,1-2H3;1-2H3. The minimum absolute atomic E-state index is 0.263. The monoisotopic (exact) mass is 435 g/mol. The first-order valence-electron chi connectivity index (χ1n) is 9.45. The first-order chi connectivity index (χ1) is 13.2. The Balaban J connectivity index is 0.00000176. The lowest BCUT2D eigenvalue weighted by molar-refractivity contribution is -0.146. The van der Waals surface area contributed by atoms with Gasteiger partial charge in [-0.25, -0.2) is 4.79 Å². The number of carbonyl (C=O) groups is 1. The van der Waals surface area contributed by atoms with Gasteiger partial charge in [-0.15, -0.1) is 0 Å². The fraction of sp³-hybridized carbons (Fsp3) is 0.409. The number of hydrogen-bond donors (Lipinski definition) is 1. The van der Waals surface area contributed by atoms with Crippen molar-refractivity contribution < 1.29 is 14.3 Å². The van der Waals surface area contributed by atoms with E-state index in [1.165, 1.54) is 0 Å². The maximum Gasteiger partial charge on any atom is 0.327 e. The second-order valence-corrected chi connectivity index (χ2v) is 6.56. The van der Waals surface area contributed by atoms with Crippen molar-refractivity contribution in [1.29, 1.82) is 0 Å². The Labute approximate surface area is 171 Å². The topological polar surface area (TPSA) is 47.6 Å². The summed E-state index contributed by atoms with van der Waals surface area (Å²) in [5.41, 5.74) is 1.94. The maximum absolute atomic E-state index is 12.2. The van der Waals surface area contributed by atoms with Crippen molar-refractivity contribution in [3.63, 3.8) is 0 Å². The van der Waals surface area contributed by atoms with Crippen LogP contribution in [0.2, 0.25) is 0 Å². The van der Waals surface area contributed by atoms with Crippen molar-refractivity contribution in [2.45, 2.75) is 46.3 Å². The summed E-state index contributed by atoms with van der Waals surface area (Å²) in [5.74, 6) is 0.475. The fourth-order valence-corrected chi connectivity index (χ4v) is 2.88. The minimum Gasteiger partial charge on any atom is -0.488 e. The summed E-state index contributed by atoms with van der Waals surface area (Å²) < 4.78 is 12.0. The molecule has 0 aliphatic rings. The number of likely N-dealkylation sites (N-methyl/N-ethyl adjacent to an activating group) is 1. The number of esters is 1. The quantitative estimate of drug-likeness (QED) is 0.407. The van der Waals surface area contributed by atoms with Crippen LogP contribution in [0.5, 0.6) is 5.75 Å². The molecule has 0 fully saturated rings. The molecule has 0 heterocycles. The van der Waals surface area contributed by atoms with Crippen LogP contribution in [0.15, 0.2) is 53.0 Å². The molecule has 1 unspecified atom stereocenters. The van der Waals surface area contributed by atoms with Crippen molar-refractivity contribution in [2.24, 2.45) is 0 Å². The molecular formula is C22H30BrNO3. The smallest absolute Gasteiger partial charge is 0.327 e. The van der Waals surface area contributed by atoms with E-state index in [4.69, 9.17) is 9.47 Å². The zero-order valence-electron chi connectivity index (χ0n) is 16.6. The van der Waals surface area contributed by atoms with E-state index in [0.717, 1.165) is 34.2 Å². The number of ether oxygens (including phenoxy) is 2. The van der Waals surface area contributed by atoms with Gasteiger partial charge in [0.1, 0.15) is 18.4 Å². The molecule has 0 saturated heterocycles. The third-order valence-electron chi connectivity index (χ3n) is 3.79. The molecular weight excluding hydrogens is 406 g/mol. The summed E-state index contributed by atoms with van der Waals surface area (Å²) in [5, 5.41) is 3.01. The third-order valence-corrected chi connectivity index (χ3v) is 4.41. The van der Waals surface area contributed by atoms with Crippen molar-refractivity contribution >= 4 is 21.9 Å². The van der Waals surface area contributed by atoms with Gasteiger partial charge in [-0.3, -0.25) is 0 Å². The molecule has 0 radical (unpaired) electrons. The summed E-state index contributed by atoms with van der Waals surface area (Å²) in [7, 11) is 1.75. The van der Waals surface area contributed by atoms with E-state index in [1.807, 2.05) is 62.4 Å². The molecule has 1 atom stereocenters. The van der Waals surface area contributed by atoms with Crippen LogP contribution in [0, 0.1) is 0 Å². The molecule has 0 spiro atoms. The molecule has 0 saturated carbocycles. The van der Waals surface area contributed by atoms with E-state index in [2.05, 4.69) is 28.2 Å². The zero-order valence-corrected chi connectivity index (χ0v) is 18.2. The van der Waals surface area contributed by atoms with Crippen LogP contribution in [-0.2, 0) is 16.1 Å². The number of rotatable bonds is 9. The predicted octanol–water partition coefficient (Wildman–Crippen LogP) is 5.66. The molecule has 0 aliphatic carbocycles. The van der Waals surface area contributed by atoms with Gasteiger partial charge in [-0.1, -0.05) is 63.6 Å². The number of hydrogen-bond acceptors (Lipinski definition) is 4. The molecule has 148 valence electrons. The van der Waals surface area contributed by atoms with E-state index in [-0.39, 0.29) is 5.97 Å². The Hall–Kier alpha value is -1.85. The van der Waals surface area contributed by atoms with Crippen LogP contribution in [0.3, 0.4) is 0 Å². The Morgan fingerprint density at radius 2 is 1.85 bits per heavy atom. The Morgan fingerprint density at radius 1 is 1.15 bits per heavy atom. The molecule has 0 bridgehead atoms. The van der Waals surface area contributed by atoms with Crippen LogP contribution in [0.4, 0.5) is 0 Å². The number of nitrogens with one attached hydrogen (secondary N) is 1. The highest BCUT2D eigenvalue weighted by atomic mass is 79.9. The average molecular weight is 436 g/mol. The summed E-state index contributed by atoms with van der Waals surface area (Å²) in [6.45, 7) is 7.01. The lowest BCUT2D eigenvalue weighted by Crippen LogP contribution is -2.27. The molecule has 2 rings (SSSR count). The van der Waals surface area contributed by atoms with Crippen LogP contribution < -0.4 is 10.1 Å². The van der Waals surface area contributed by atoms with E-state index >= 15 is 0 Å². The molecule has 2 aromatic carbocycles. The van der Waals surface area contributed by atoms with E-state index in [0.29, 0.717) is 13.2 Å². The zero-order chi connectivity index (χ0) is 20.1. The highest BCUT2D eigenvalue weighted by Crippen LogP contribution is 2.29. The third kappa shape index (κ3) is 7.73. The van der Waals surface area contributed by atoms with Gasteiger partial charge in [0.25, 0.3) is 0 Å². The summed E-state index contributed by atoms with van der Waals surface area (Å²) in [6, 6.07) is 15.1. The van der Waals surface area contributed by atoms with Crippen LogP contribution in [0.1, 0.15) is 50.8 Å². The number of halogens is 1. The van der Waals surface area contributed by atoms with Crippen LogP contribution >= 0.6 is 15.9 Å². The van der Waals surface area contributed by atoms with Gasteiger partial charge in [-0.05, 0) is 52.7 Å². The van der Waals surface area contributed by atoms with Gasteiger partial charge in [0.05, 0.1) is 11.1 Å². The van der Waals surface area contributed by atoms with Crippen molar-refractivity contribution in [3.05, 3.63) is 64.1 Å². The molecule has 5 heteroatoms. The van der Waals surface area contributed by atoms with Crippen LogP contribution in [0.25, 0.3) is 0 Å². The normalized spacial score (nSPS) is 11.1. The maximum atomic E-state index is 12.2. The van der Waals surface area contributed by atoms with Gasteiger partial charge in [0, 0.05) is 0 Å². The predicted molar refractivity (Wildman–Crippen MR) is 114 cm³/mol. The number of unbranched alkanes of at least 4 members (excludes halogenated alkanes) is 1. The Morgan fingerprint density at radius 3 is 2.44 bits per heavy atom. The molecule has 27 heavy (non-hydrogen) atoms. The van der Waals surface area contributed by atoms with Crippen molar-refractivity contribution in [1.82, 2.24) is 5.32 Å². The molecule has 4 nitrogen and oxygen atoms in total. The van der Waals surface area contributed by atoms with Gasteiger partial charge in [0.15, 0.2) is 0 Å². The number of carbonyl (C=O) groups excluding carboxylic acids is 1. The Bertz CT molecular complexity index is 677. The van der Waals surface area contributed by atoms with E-state index < -0.39 is 6.04 Å². The molecule has 1 N–H and O–H groups in total. The van der Waals surface area contributed by atoms with Crippen molar-refractivity contribution in [2.75, 3.05) is 13.7 Å².